The summed E-state index contributed by atoms with van der Waals surface area (Å²) in [6, 6.07) is 19.0. The van der Waals surface area contributed by atoms with Crippen LogP contribution in [0.3, 0.4) is 0 Å². The molecule has 2 aromatic carbocycles. The highest BCUT2D eigenvalue weighted by molar-refractivity contribution is 6.34. The van der Waals surface area contributed by atoms with Gasteiger partial charge in [0.2, 0.25) is 0 Å². The number of carbonyl (C=O) groups is 3. The van der Waals surface area contributed by atoms with Crippen LogP contribution in [0.15, 0.2) is 85.0 Å². The molecule has 0 N–H and O–H groups in total. The van der Waals surface area contributed by atoms with E-state index in [1.54, 1.807) is 31.2 Å². The van der Waals surface area contributed by atoms with E-state index in [0.29, 0.717) is 5.57 Å². The number of ketones is 2. The molecule has 0 radical (unpaired) electrons. The average molecular weight is 410 g/mol. The topological polar surface area (TPSA) is 60.4 Å². The minimum absolute atomic E-state index is 0.128. The Labute approximate surface area is 180 Å². The van der Waals surface area contributed by atoms with Crippen molar-refractivity contribution in [1.82, 2.24) is 0 Å². The van der Waals surface area contributed by atoms with Crippen molar-refractivity contribution in [1.29, 1.82) is 0 Å². The van der Waals surface area contributed by atoms with Crippen molar-refractivity contribution in [3.05, 3.63) is 96.1 Å². The van der Waals surface area contributed by atoms with E-state index < -0.39 is 28.6 Å². The molecule has 3 aliphatic carbocycles. The van der Waals surface area contributed by atoms with E-state index in [1.165, 1.54) is 7.11 Å². The summed E-state index contributed by atoms with van der Waals surface area (Å²) in [5.41, 5.74) is -0.00210. The van der Waals surface area contributed by atoms with Gasteiger partial charge in [0.05, 0.1) is 24.4 Å². The number of benzene rings is 2. The van der Waals surface area contributed by atoms with Crippen LogP contribution in [0.1, 0.15) is 18.1 Å². The van der Waals surface area contributed by atoms with Crippen LogP contribution >= 0.6 is 0 Å². The van der Waals surface area contributed by atoms with Gasteiger partial charge in [-0.05, 0) is 29.2 Å². The number of hydrogen-bond acceptors (Lipinski definition) is 4. The van der Waals surface area contributed by atoms with Crippen LogP contribution in [0, 0.1) is 22.7 Å². The maximum absolute atomic E-state index is 14.3. The average Bonchev–Trinajstić information content (AvgIpc) is 2.90. The highest BCUT2D eigenvalue weighted by Crippen LogP contribution is 2.68. The first kappa shape index (κ1) is 19.4. The predicted octanol–water partition coefficient (Wildman–Crippen LogP) is 4.29. The molecule has 0 aliphatic heterocycles. The Hall–Kier alpha value is -3.53. The summed E-state index contributed by atoms with van der Waals surface area (Å²) in [6.07, 6.45) is 7.05. The number of methoxy groups -OCH3 is 1. The van der Waals surface area contributed by atoms with E-state index in [1.807, 2.05) is 60.7 Å². The summed E-state index contributed by atoms with van der Waals surface area (Å²) in [4.78, 5) is 41.6. The molecule has 4 atom stereocenters. The van der Waals surface area contributed by atoms with Crippen LogP contribution in [0.5, 0.6) is 0 Å². The van der Waals surface area contributed by atoms with E-state index >= 15 is 0 Å². The number of hydrogen-bond donors (Lipinski definition) is 0. The molecule has 154 valence electrons. The van der Waals surface area contributed by atoms with Gasteiger partial charge in [-0.15, -0.1) is 0 Å². The smallest absolute Gasteiger partial charge is 0.325 e. The van der Waals surface area contributed by atoms with Crippen molar-refractivity contribution in [2.24, 2.45) is 22.7 Å². The highest BCUT2D eigenvalue weighted by Gasteiger charge is 2.74. The van der Waals surface area contributed by atoms with Crippen LogP contribution in [0.25, 0.3) is 11.1 Å². The Morgan fingerprint density at radius 1 is 0.806 bits per heavy atom. The maximum Gasteiger partial charge on any atom is 0.325 e. The largest absolute Gasteiger partial charge is 0.468 e. The molecule has 0 spiro atoms. The molecular formula is C27H22O4. The molecule has 4 bridgehead atoms. The lowest BCUT2D eigenvalue weighted by atomic mass is 9.54. The van der Waals surface area contributed by atoms with Crippen LogP contribution in [-0.4, -0.2) is 24.6 Å². The molecule has 4 nitrogen and oxygen atoms in total. The van der Waals surface area contributed by atoms with Gasteiger partial charge in [-0.25, -0.2) is 0 Å². The van der Waals surface area contributed by atoms with Crippen molar-refractivity contribution in [2.75, 3.05) is 7.11 Å². The van der Waals surface area contributed by atoms with Gasteiger partial charge in [0.25, 0.3) is 0 Å². The van der Waals surface area contributed by atoms with Gasteiger partial charge in [0.15, 0.2) is 11.2 Å². The van der Waals surface area contributed by atoms with E-state index in [0.717, 1.165) is 16.7 Å². The number of carbonyl (C=O) groups excluding carboxylic acids is 3. The lowest BCUT2D eigenvalue weighted by molar-refractivity contribution is -0.165. The second-order valence-electron chi connectivity index (χ2n) is 8.44. The van der Waals surface area contributed by atoms with Crippen molar-refractivity contribution in [2.45, 2.75) is 6.92 Å². The molecule has 0 heterocycles. The molecule has 0 aromatic heterocycles. The monoisotopic (exact) mass is 410 g/mol. The number of ether oxygens (including phenoxy) is 1. The molecular weight excluding hydrogens is 388 g/mol. The molecule has 4 heteroatoms. The van der Waals surface area contributed by atoms with Gasteiger partial charge in [0.1, 0.15) is 5.78 Å². The first-order valence-electron chi connectivity index (χ1n) is 10.4. The van der Waals surface area contributed by atoms with E-state index in [2.05, 4.69) is 0 Å². The number of rotatable bonds is 3. The summed E-state index contributed by atoms with van der Waals surface area (Å²) in [7, 11) is 1.28. The Morgan fingerprint density at radius 2 is 1.32 bits per heavy atom. The zero-order valence-electron chi connectivity index (χ0n) is 17.4. The zero-order valence-corrected chi connectivity index (χ0v) is 17.4. The van der Waals surface area contributed by atoms with E-state index in [4.69, 9.17) is 4.74 Å². The second kappa shape index (κ2) is 6.74. The number of fused-ring (bicyclic) bond motifs is 6. The van der Waals surface area contributed by atoms with Crippen molar-refractivity contribution in [3.63, 3.8) is 0 Å². The number of allylic oxidation sites excluding steroid dienone is 5. The normalized spacial score (nSPS) is 31.0. The molecule has 3 aliphatic rings. The molecule has 31 heavy (non-hydrogen) atoms. The number of esters is 1. The Balaban J connectivity index is 2.00. The molecule has 2 aromatic rings. The standard InChI is InChI=1S/C27H22O4/c1-26-19-15-9-10-16-20(23(19)28)27(24(26)29,25(30)31-2)22(18-13-7-4-8-14-18)21(26)17-11-5-3-6-12-17/h3-16,19-20H,1-2H3/t19-,20+,26-,27-/m1/s1. The first-order valence-corrected chi connectivity index (χ1v) is 10.4. The van der Waals surface area contributed by atoms with Crippen molar-refractivity contribution >= 4 is 28.7 Å². The zero-order chi connectivity index (χ0) is 21.8. The van der Waals surface area contributed by atoms with Gasteiger partial charge in [0, 0.05) is 0 Å². The van der Waals surface area contributed by atoms with Gasteiger partial charge in [-0.3, -0.25) is 14.4 Å². The van der Waals surface area contributed by atoms with Gasteiger partial charge >= 0.3 is 5.97 Å². The van der Waals surface area contributed by atoms with Gasteiger partial charge in [-0.2, -0.15) is 0 Å². The highest BCUT2D eigenvalue weighted by atomic mass is 16.5. The second-order valence-corrected chi connectivity index (χ2v) is 8.44. The third kappa shape index (κ3) is 2.27. The summed E-state index contributed by atoms with van der Waals surface area (Å²) in [5.74, 6) is -2.66. The summed E-state index contributed by atoms with van der Waals surface area (Å²) in [6.45, 7) is 1.81. The SMILES string of the molecule is COC(=O)[C@@]12C(=O)[C@@](C)(C(c3ccccc3)=C1c1ccccc1)[C@@H]1C=CC=C[C@H]2C1=O. The number of Topliss-reactive ketones (excluding diaryl/α,β-unsaturated/α-hetero) is 2. The fourth-order valence-electron chi connectivity index (χ4n) is 5.76. The summed E-state index contributed by atoms with van der Waals surface area (Å²) >= 11 is 0. The first-order chi connectivity index (χ1) is 15.0. The van der Waals surface area contributed by atoms with Crippen molar-refractivity contribution < 1.29 is 19.1 Å². The van der Waals surface area contributed by atoms with E-state index in [9.17, 15) is 14.4 Å². The minimum Gasteiger partial charge on any atom is -0.468 e. The predicted molar refractivity (Wildman–Crippen MR) is 118 cm³/mol. The summed E-state index contributed by atoms with van der Waals surface area (Å²) < 4.78 is 5.24. The van der Waals surface area contributed by atoms with Crippen molar-refractivity contribution in [3.8, 4) is 0 Å². The molecule has 5 rings (SSSR count). The maximum atomic E-state index is 14.3. The molecule has 0 amide bonds. The minimum atomic E-state index is -1.72. The van der Waals surface area contributed by atoms with Crippen LogP contribution < -0.4 is 0 Å². The molecule has 0 saturated heterocycles. The molecule has 1 fully saturated rings. The van der Waals surface area contributed by atoms with Crippen LogP contribution in [0.2, 0.25) is 0 Å². The Morgan fingerprint density at radius 3 is 1.87 bits per heavy atom. The Bertz CT molecular complexity index is 1190. The molecule has 1 saturated carbocycles. The van der Waals surface area contributed by atoms with Gasteiger partial charge in [-0.1, -0.05) is 85.0 Å². The molecule has 0 unspecified atom stereocenters. The summed E-state index contributed by atoms with van der Waals surface area (Å²) in [5, 5.41) is 0. The fourth-order valence-corrected chi connectivity index (χ4v) is 5.76. The van der Waals surface area contributed by atoms with Gasteiger partial charge < -0.3 is 4.74 Å². The fraction of sp³-hybridized carbons (Fsp3) is 0.222. The van der Waals surface area contributed by atoms with Crippen LogP contribution in [0.4, 0.5) is 0 Å². The third-order valence-electron chi connectivity index (χ3n) is 7.05. The van der Waals surface area contributed by atoms with E-state index in [-0.39, 0.29) is 11.6 Å². The quantitative estimate of drug-likeness (QED) is 0.560. The van der Waals surface area contributed by atoms with Crippen LogP contribution in [-0.2, 0) is 19.1 Å². The third-order valence-corrected chi connectivity index (χ3v) is 7.05. The lowest BCUT2D eigenvalue weighted by Gasteiger charge is -2.43. The lowest BCUT2D eigenvalue weighted by Crippen LogP contribution is -2.58. The Kier molecular flexibility index (Phi) is 4.23.